The van der Waals surface area contributed by atoms with Gasteiger partial charge in [0.25, 0.3) is 0 Å². The standard InChI is InChI=1S/C25H30BrN3O5S/c1-4-23(30)29-11-9-17-13-19(26)14-22(24(17)29)35(32,33)28-10-5-6-18(15-28)25(31)27-20-12-16(2)7-8-21(20)34-3/h7-8,12-14,18H,4-6,9-11,15H2,1-3H3,(H,27,31)/t18-/m1/s1. The van der Waals surface area contributed by atoms with Gasteiger partial charge in [-0.2, -0.15) is 4.31 Å². The fraction of sp³-hybridized carbons (Fsp3) is 0.440. The number of amides is 2. The predicted molar refractivity (Wildman–Crippen MR) is 138 cm³/mol. The number of anilines is 2. The van der Waals surface area contributed by atoms with Crippen molar-refractivity contribution in [3.63, 3.8) is 0 Å². The molecule has 0 unspecified atom stereocenters. The van der Waals surface area contributed by atoms with Crippen molar-refractivity contribution in [1.29, 1.82) is 0 Å². The molecule has 2 aromatic carbocycles. The highest BCUT2D eigenvalue weighted by atomic mass is 79.9. The van der Waals surface area contributed by atoms with Gasteiger partial charge in [0, 0.05) is 30.5 Å². The summed E-state index contributed by atoms with van der Waals surface area (Å²) in [6.45, 7) is 4.55. The summed E-state index contributed by atoms with van der Waals surface area (Å²) in [5.74, 6) is -0.298. The Labute approximate surface area is 214 Å². The minimum Gasteiger partial charge on any atom is -0.495 e. The van der Waals surface area contributed by atoms with E-state index in [1.54, 1.807) is 24.0 Å². The van der Waals surface area contributed by atoms with E-state index in [-0.39, 0.29) is 23.3 Å². The molecule has 0 radical (unpaired) electrons. The Morgan fingerprint density at radius 3 is 2.69 bits per heavy atom. The molecular weight excluding hydrogens is 534 g/mol. The van der Waals surface area contributed by atoms with E-state index in [1.807, 2.05) is 25.1 Å². The van der Waals surface area contributed by atoms with Gasteiger partial charge in [-0.25, -0.2) is 8.42 Å². The Kier molecular flexibility index (Phi) is 7.54. The number of ether oxygens (including phenoxy) is 1. The Bertz CT molecular complexity index is 1260. The lowest BCUT2D eigenvalue weighted by molar-refractivity contribution is -0.121. The molecule has 0 saturated carbocycles. The monoisotopic (exact) mass is 563 g/mol. The molecule has 2 heterocycles. The van der Waals surface area contributed by atoms with Gasteiger partial charge in [0.05, 0.1) is 24.4 Å². The molecule has 0 bridgehead atoms. The Balaban J connectivity index is 1.60. The number of rotatable bonds is 6. The second-order valence-electron chi connectivity index (χ2n) is 8.96. The summed E-state index contributed by atoms with van der Waals surface area (Å²) in [6, 6.07) is 8.96. The van der Waals surface area contributed by atoms with Crippen LogP contribution in [0.5, 0.6) is 5.75 Å². The van der Waals surface area contributed by atoms with Crippen LogP contribution in [-0.4, -0.2) is 51.3 Å². The number of fused-ring (bicyclic) bond motifs is 1. The van der Waals surface area contributed by atoms with E-state index in [0.717, 1.165) is 11.1 Å². The van der Waals surface area contributed by atoms with Crippen LogP contribution < -0.4 is 15.0 Å². The molecule has 2 aliphatic rings. The molecular formula is C25H30BrN3O5S. The zero-order valence-electron chi connectivity index (χ0n) is 20.1. The topological polar surface area (TPSA) is 96.0 Å². The van der Waals surface area contributed by atoms with Gasteiger partial charge in [-0.05, 0) is 61.6 Å². The number of piperidine rings is 1. The van der Waals surface area contributed by atoms with Gasteiger partial charge in [-0.15, -0.1) is 0 Å². The van der Waals surface area contributed by atoms with Crippen LogP contribution in [0.1, 0.15) is 37.3 Å². The van der Waals surface area contributed by atoms with E-state index in [9.17, 15) is 18.0 Å². The predicted octanol–water partition coefficient (Wildman–Crippen LogP) is 4.10. The highest BCUT2D eigenvalue weighted by molar-refractivity contribution is 9.10. The zero-order chi connectivity index (χ0) is 25.3. The summed E-state index contributed by atoms with van der Waals surface area (Å²) in [5.41, 5.74) is 2.84. The number of sulfonamides is 1. The maximum atomic E-state index is 13.8. The van der Waals surface area contributed by atoms with Crippen LogP contribution in [0.2, 0.25) is 0 Å². The quantitative estimate of drug-likeness (QED) is 0.570. The van der Waals surface area contributed by atoms with Crippen molar-refractivity contribution in [2.75, 3.05) is 37.0 Å². The van der Waals surface area contributed by atoms with Crippen molar-refractivity contribution in [2.45, 2.75) is 44.4 Å². The number of carbonyl (C=O) groups excluding carboxylic acids is 2. The minimum absolute atomic E-state index is 0.0747. The van der Waals surface area contributed by atoms with Crippen LogP contribution in [0.25, 0.3) is 0 Å². The number of hydrogen-bond acceptors (Lipinski definition) is 5. The van der Waals surface area contributed by atoms with Crippen LogP contribution in [0.3, 0.4) is 0 Å². The summed E-state index contributed by atoms with van der Waals surface area (Å²) in [4.78, 5) is 27.4. The summed E-state index contributed by atoms with van der Waals surface area (Å²) >= 11 is 3.44. The van der Waals surface area contributed by atoms with E-state index in [4.69, 9.17) is 4.74 Å². The van der Waals surface area contributed by atoms with E-state index in [2.05, 4.69) is 21.2 Å². The molecule has 0 aliphatic carbocycles. The Morgan fingerprint density at radius 1 is 1.20 bits per heavy atom. The second-order valence-corrected chi connectivity index (χ2v) is 11.8. The minimum atomic E-state index is -3.94. The van der Waals surface area contributed by atoms with E-state index in [0.29, 0.717) is 60.4 Å². The maximum Gasteiger partial charge on any atom is 0.245 e. The summed E-state index contributed by atoms with van der Waals surface area (Å²) in [7, 11) is -2.40. The Morgan fingerprint density at radius 2 is 1.97 bits per heavy atom. The average Bonchev–Trinajstić information content (AvgIpc) is 3.26. The first-order valence-corrected chi connectivity index (χ1v) is 14.0. The molecule has 35 heavy (non-hydrogen) atoms. The van der Waals surface area contributed by atoms with E-state index < -0.39 is 15.9 Å². The van der Waals surface area contributed by atoms with Gasteiger partial charge in [-0.3, -0.25) is 9.59 Å². The Hall–Kier alpha value is -2.43. The molecule has 2 aromatic rings. The summed E-state index contributed by atoms with van der Waals surface area (Å²) in [5, 5.41) is 2.92. The normalized spacial score (nSPS) is 18.3. The number of halogens is 1. The van der Waals surface area contributed by atoms with Crippen molar-refractivity contribution < 1.29 is 22.7 Å². The molecule has 8 nitrogen and oxygen atoms in total. The molecule has 1 N–H and O–H groups in total. The smallest absolute Gasteiger partial charge is 0.245 e. The highest BCUT2D eigenvalue weighted by Gasteiger charge is 2.38. The fourth-order valence-corrected chi connectivity index (χ4v) is 7.22. The van der Waals surface area contributed by atoms with Crippen LogP contribution in [0.15, 0.2) is 39.7 Å². The van der Waals surface area contributed by atoms with Crippen molar-refractivity contribution in [2.24, 2.45) is 5.92 Å². The molecule has 4 rings (SSSR count). The van der Waals surface area contributed by atoms with Crippen molar-refractivity contribution in [3.05, 3.63) is 45.9 Å². The number of aryl methyl sites for hydroxylation is 1. The SMILES string of the molecule is CCC(=O)N1CCc2cc(Br)cc(S(=O)(=O)N3CCC[C@@H](C(=O)Nc4cc(C)ccc4OC)C3)c21. The highest BCUT2D eigenvalue weighted by Crippen LogP contribution is 2.40. The third-order valence-electron chi connectivity index (χ3n) is 6.58. The van der Waals surface area contributed by atoms with Crippen LogP contribution in [0, 0.1) is 12.8 Å². The fourth-order valence-electron chi connectivity index (χ4n) is 4.77. The first kappa shape index (κ1) is 25.7. The number of benzene rings is 2. The van der Waals surface area contributed by atoms with Crippen molar-refractivity contribution in [1.82, 2.24) is 4.31 Å². The van der Waals surface area contributed by atoms with Crippen LogP contribution in [-0.2, 0) is 26.0 Å². The van der Waals surface area contributed by atoms with E-state index >= 15 is 0 Å². The van der Waals surface area contributed by atoms with Gasteiger partial charge in [0.2, 0.25) is 21.8 Å². The van der Waals surface area contributed by atoms with Gasteiger partial charge < -0.3 is 15.0 Å². The molecule has 1 fully saturated rings. The molecule has 2 amide bonds. The number of carbonyl (C=O) groups is 2. The molecule has 1 saturated heterocycles. The van der Waals surface area contributed by atoms with Gasteiger partial charge in [0.15, 0.2) is 0 Å². The molecule has 188 valence electrons. The zero-order valence-corrected chi connectivity index (χ0v) is 22.5. The lowest BCUT2D eigenvalue weighted by Crippen LogP contribution is -2.44. The molecule has 2 aliphatic heterocycles. The largest absolute Gasteiger partial charge is 0.495 e. The van der Waals surface area contributed by atoms with Crippen molar-refractivity contribution in [3.8, 4) is 5.75 Å². The number of hydrogen-bond donors (Lipinski definition) is 1. The molecule has 10 heteroatoms. The van der Waals surface area contributed by atoms with Gasteiger partial charge in [0.1, 0.15) is 10.6 Å². The number of nitrogens with one attached hydrogen (secondary N) is 1. The van der Waals surface area contributed by atoms with Crippen LogP contribution >= 0.6 is 15.9 Å². The van der Waals surface area contributed by atoms with Crippen LogP contribution in [0.4, 0.5) is 11.4 Å². The lowest BCUT2D eigenvalue weighted by atomic mass is 9.98. The first-order valence-electron chi connectivity index (χ1n) is 11.7. The van der Waals surface area contributed by atoms with E-state index in [1.165, 1.54) is 11.4 Å². The maximum absolute atomic E-state index is 13.8. The third-order valence-corrected chi connectivity index (χ3v) is 8.92. The molecule has 0 spiro atoms. The lowest BCUT2D eigenvalue weighted by Gasteiger charge is -2.32. The average molecular weight is 565 g/mol. The second kappa shape index (κ2) is 10.3. The van der Waals surface area contributed by atoms with Crippen molar-refractivity contribution >= 4 is 49.1 Å². The molecule has 0 aromatic heterocycles. The first-order chi connectivity index (χ1) is 16.6. The molecule has 1 atom stereocenters. The van der Waals surface area contributed by atoms with Gasteiger partial charge >= 0.3 is 0 Å². The summed E-state index contributed by atoms with van der Waals surface area (Å²) in [6.07, 6.45) is 2.05. The third kappa shape index (κ3) is 5.10. The number of nitrogens with zero attached hydrogens (tertiary/aromatic N) is 2. The number of methoxy groups -OCH3 is 1. The van der Waals surface area contributed by atoms with Gasteiger partial charge in [-0.1, -0.05) is 28.9 Å². The summed E-state index contributed by atoms with van der Waals surface area (Å²) < 4.78 is 35.1.